The van der Waals surface area contributed by atoms with Gasteiger partial charge in [0.2, 0.25) is 0 Å². The molecule has 5 aromatic heterocycles. The molecule has 5 heterocycles. The largest absolute Gasteiger partial charge is 0.454 e. The van der Waals surface area contributed by atoms with Crippen LogP contribution in [0.3, 0.4) is 0 Å². The maximum absolute atomic E-state index is 6.85. The topological polar surface area (TPSA) is 56.7 Å². The highest BCUT2D eigenvalue weighted by Crippen LogP contribution is 2.44. The molecule has 9 aromatic carbocycles. The van der Waals surface area contributed by atoms with Crippen LogP contribution in [0.2, 0.25) is 0 Å². The van der Waals surface area contributed by atoms with Crippen molar-refractivity contribution >= 4 is 118 Å². The molecule has 0 saturated heterocycles. The van der Waals surface area contributed by atoms with Crippen LogP contribution in [-0.4, -0.2) is 19.5 Å². The average molecular weight is 827 g/mol. The molecule has 0 fully saturated rings. The Balaban J connectivity index is 1.10. The van der Waals surface area contributed by atoms with Gasteiger partial charge in [0.1, 0.15) is 5.58 Å². The molecule has 0 N–H and O–H groups in total. The van der Waals surface area contributed by atoms with E-state index in [1.54, 1.807) is 22.7 Å². The van der Waals surface area contributed by atoms with Gasteiger partial charge >= 0.3 is 0 Å². The number of aromatic nitrogens is 4. The molecule has 288 valence electrons. The molecule has 14 rings (SSSR count). The first-order chi connectivity index (χ1) is 30.7. The van der Waals surface area contributed by atoms with E-state index in [-0.39, 0.29) is 0 Å². The van der Waals surface area contributed by atoms with Gasteiger partial charge in [-0.15, -0.1) is 22.7 Å². The van der Waals surface area contributed by atoms with Crippen LogP contribution in [0.5, 0.6) is 0 Å². The molecular formula is C55H30N4OS2. The number of para-hydroxylation sites is 2. The molecule has 7 heteroatoms. The summed E-state index contributed by atoms with van der Waals surface area (Å²) in [7, 11) is 0. The molecule has 0 aliphatic heterocycles. The van der Waals surface area contributed by atoms with Gasteiger partial charge in [0, 0.05) is 78.6 Å². The van der Waals surface area contributed by atoms with Crippen LogP contribution in [0.1, 0.15) is 0 Å². The number of furan rings is 1. The van der Waals surface area contributed by atoms with Crippen molar-refractivity contribution < 1.29 is 4.42 Å². The summed E-state index contributed by atoms with van der Waals surface area (Å²) in [4.78, 5) is 16.3. The van der Waals surface area contributed by atoms with Crippen molar-refractivity contribution in [2.45, 2.75) is 0 Å². The van der Waals surface area contributed by atoms with Crippen molar-refractivity contribution in [2.75, 3.05) is 0 Å². The van der Waals surface area contributed by atoms with Gasteiger partial charge < -0.3 is 8.98 Å². The fourth-order valence-electron chi connectivity index (χ4n) is 9.61. The summed E-state index contributed by atoms with van der Waals surface area (Å²) >= 11 is 3.57. The first kappa shape index (κ1) is 34.0. The highest BCUT2D eigenvalue weighted by Gasteiger charge is 2.23. The van der Waals surface area contributed by atoms with E-state index in [0.29, 0.717) is 17.5 Å². The number of hydrogen-bond donors (Lipinski definition) is 0. The van der Waals surface area contributed by atoms with E-state index in [1.165, 1.54) is 52.5 Å². The molecule has 14 aromatic rings. The molecule has 62 heavy (non-hydrogen) atoms. The van der Waals surface area contributed by atoms with Crippen molar-refractivity contribution in [3.63, 3.8) is 0 Å². The molecule has 0 amide bonds. The second-order valence-corrected chi connectivity index (χ2v) is 18.0. The predicted molar refractivity (Wildman–Crippen MR) is 261 cm³/mol. The Morgan fingerprint density at radius 1 is 0.387 bits per heavy atom. The van der Waals surface area contributed by atoms with Crippen LogP contribution in [-0.2, 0) is 0 Å². The molecular weight excluding hydrogens is 797 g/mol. The Bertz CT molecular complexity index is 4060. The van der Waals surface area contributed by atoms with Gasteiger partial charge in [-0.3, -0.25) is 0 Å². The summed E-state index contributed by atoms with van der Waals surface area (Å²) in [5.74, 6) is 1.88. The van der Waals surface area contributed by atoms with Crippen LogP contribution >= 0.6 is 22.7 Å². The van der Waals surface area contributed by atoms with Crippen LogP contribution < -0.4 is 0 Å². The summed E-state index contributed by atoms with van der Waals surface area (Å²) < 4.78 is 14.0. The van der Waals surface area contributed by atoms with E-state index in [1.807, 2.05) is 6.07 Å². The van der Waals surface area contributed by atoms with E-state index >= 15 is 0 Å². The van der Waals surface area contributed by atoms with Crippen molar-refractivity contribution in [3.8, 4) is 39.9 Å². The molecule has 0 aliphatic carbocycles. The van der Waals surface area contributed by atoms with Crippen molar-refractivity contribution in [1.29, 1.82) is 0 Å². The zero-order chi connectivity index (χ0) is 40.5. The van der Waals surface area contributed by atoms with Gasteiger partial charge in [0.25, 0.3) is 0 Å². The molecule has 0 spiro atoms. The summed E-state index contributed by atoms with van der Waals surface area (Å²) in [6, 6.07) is 64.8. The molecule has 0 bridgehead atoms. The van der Waals surface area contributed by atoms with E-state index in [2.05, 4.69) is 180 Å². The zero-order valence-corrected chi connectivity index (χ0v) is 34.5. The quantitative estimate of drug-likeness (QED) is 0.177. The lowest BCUT2D eigenvalue weighted by Crippen LogP contribution is -2.02. The monoisotopic (exact) mass is 826 g/mol. The van der Waals surface area contributed by atoms with Gasteiger partial charge in [0.15, 0.2) is 23.1 Å². The Morgan fingerprint density at radius 2 is 0.935 bits per heavy atom. The van der Waals surface area contributed by atoms with E-state index in [0.717, 1.165) is 64.7 Å². The van der Waals surface area contributed by atoms with Gasteiger partial charge in [-0.2, -0.15) is 0 Å². The molecule has 0 unspecified atom stereocenters. The van der Waals surface area contributed by atoms with Gasteiger partial charge in [-0.1, -0.05) is 121 Å². The summed E-state index contributed by atoms with van der Waals surface area (Å²) in [5.41, 5.74) is 7.63. The van der Waals surface area contributed by atoms with Crippen molar-refractivity contribution in [1.82, 2.24) is 19.5 Å². The molecule has 0 aliphatic rings. The molecule has 0 saturated carbocycles. The Labute approximate surface area is 361 Å². The summed E-state index contributed by atoms with van der Waals surface area (Å²) in [6.45, 7) is 0. The second kappa shape index (κ2) is 12.9. The van der Waals surface area contributed by atoms with Gasteiger partial charge in [-0.05, 0) is 71.4 Å². The van der Waals surface area contributed by atoms with Crippen LogP contribution in [0, 0.1) is 0 Å². The highest BCUT2D eigenvalue weighted by molar-refractivity contribution is 7.26. The number of benzene rings is 9. The number of hydrogen-bond acceptors (Lipinski definition) is 6. The maximum atomic E-state index is 6.85. The first-order valence-electron chi connectivity index (χ1n) is 20.7. The predicted octanol–water partition coefficient (Wildman–Crippen LogP) is 15.8. The normalized spacial score (nSPS) is 12.2. The number of nitrogens with zero attached hydrogens (tertiary/aromatic N) is 4. The van der Waals surface area contributed by atoms with E-state index in [4.69, 9.17) is 19.4 Å². The van der Waals surface area contributed by atoms with Crippen molar-refractivity contribution in [2.24, 2.45) is 0 Å². The summed E-state index contributed by atoms with van der Waals surface area (Å²) in [6.07, 6.45) is 0. The Kier molecular flexibility index (Phi) is 7.08. The lowest BCUT2D eigenvalue weighted by molar-refractivity contribution is 0.666. The second-order valence-electron chi connectivity index (χ2n) is 15.9. The first-order valence-corrected chi connectivity index (χ1v) is 22.3. The third-order valence-electron chi connectivity index (χ3n) is 12.4. The minimum absolute atomic E-state index is 0.598. The van der Waals surface area contributed by atoms with Gasteiger partial charge in [-0.25, -0.2) is 15.0 Å². The van der Waals surface area contributed by atoms with E-state index in [9.17, 15) is 0 Å². The number of thiophene rings is 2. The zero-order valence-electron chi connectivity index (χ0n) is 32.8. The third kappa shape index (κ3) is 4.92. The Hall–Kier alpha value is -7.71. The molecule has 5 nitrogen and oxygen atoms in total. The average Bonchev–Trinajstić information content (AvgIpc) is 4.09. The minimum Gasteiger partial charge on any atom is -0.454 e. The minimum atomic E-state index is 0.598. The van der Waals surface area contributed by atoms with Crippen molar-refractivity contribution in [3.05, 3.63) is 182 Å². The fourth-order valence-corrected chi connectivity index (χ4v) is 12.0. The smallest absolute Gasteiger partial charge is 0.165 e. The third-order valence-corrected chi connectivity index (χ3v) is 14.9. The number of rotatable bonds is 4. The maximum Gasteiger partial charge on any atom is 0.165 e. The Morgan fingerprint density at radius 3 is 1.63 bits per heavy atom. The molecule has 0 radical (unpaired) electrons. The standard InChI is InChI=1S/C55H30N4OS2/c1-2-14-32-29-45-42(27-31(32)13-1)34-15-3-7-23-44(34)59(45)46-30-33(28-43-35-16-4-8-24-47(35)60-50(43)46)53-56-54(40-21-11-19-38-36-17-5-9-25-48(36)61-51(38)40)58-55(57-53)41-22-12-20-39-37-18-6-10-26-49(37)62-52(39)41/h1-30H. The van der Waals surface area contributed by atoms with Crippen LogP contribution in [0.4, 0.5) is 0 Å². The SMILES string of the molecule is c1ccc2cc3c(cc2c1)c1ccccc1n3-c1cc(-c2nc(-c3cccc4c3sc3ccccc34)nc(-c3cccc4c3sc3ccccc34)n2)cc2c1oc1ccccc12. The lowest BCUT2D eigenvalue weighted by atomic mass is 10.1. The van der Waals surface area contributed by atoms with Gasteiger partial charge in [0.05, 0.1) is 16.7 Å². The van der Waals surface area contributed by atoms with Crippen LogP contribution in [0.15, 0.2) is 186 Å². The number of fused-ring (bicyclic) bond motifs is 13. The molecule has 0 atom stereocenters. The fraction of sp³-hybridized carbons (Fsp3) is 0. The summed E-state index contributed by atoms with van der Waals surface area (Å²) in [5, 5.41) is 11.7. The highest BCUT2D eigenvalue weighted by atomic mass is 32.1. The van der Waals surface area contributed by atoms with E-state index < -0.39 is 0 Å². The lowest BCUT2D eigenvalue weighted by Gasteiger charge is -2.13. The van der Waals surface area contributed by atoms with Crippen LogP contribution in [0.25, 0.3) is 135 Å².